The van der Waals surface area contributed by atoms with Crippen molar-refractivity contribution >= 4 is 42.1 Å². The molecule has 8 nitrogen and oxygen atoms in total. The zero-order chi connectivity index (χ0) is 27.2. The fourth-order valence-corrected chi connectivity index (χ4v) is 3.28. The summed E-state index contributed by atoms with van der Waals surface area (Å²) in [4.78, 5) is 42.8. The molecule has 1 aromatic heterocycles. The fraction of sp³-hybridized carbons (Fsp3) is 0.375. The van der Waals surface area contributed by atoms with Crippen LogP contribution >= 0.6 is 11.8 Å². The van der Waals surface area contributed by atoms with Crippen LogP contribution < -0.4 is 15.7 Å². The molecular weight excluding hydrogens is 482 g/mol. The third-order valence-electron chi connectivity index (χ3n) is 4.01. The Morgan fingerprint density at radius 1 is 1.29 bits per heavy atom. The van der Waals surface area contributed by atoms with Gasteiger partial charge in [-0.1, -0.05) is 12.1 Å². The lowest BCUT2D eigenvalue weighted by molar-refractivity contribution is -0.106. The van der Waals surface area contributed by atoms with Gasteiger partial charge in [-0.2, -0.15) is 0 Å². The van der Waals surface area contributed by atoms with Crippen LogP contribution in [0.25, 0.3) is 0 Å². The van der Waals surface area contributed by atoms with Crippen LogP contribution in [0.4, 0.5) is 14.7 Å². The van der Waals surface area contributed by atoms with Gasteiger partial charge in [0.1, 0.15) is 23.9 Å². The van der Waals surface area contributed by atoms with Crippen molar-refractivity contribution in [3.63, 3.8) is 0 Å². The summed E-state index contributed by atoms with van der Waals surface area (Å²) < 4.78 is 34.5. The second-order valence-electron chi connectivity index (χ2n) is 6.16. The number of methoxy groups -OCH3 is 1. The van der Waals surface area contributed by atoms with E-state index in [1.165, 1.54) is 24.8 Å². The number of ether oxygens (including phenoxy) is 1. The molecule has 194 valence electrons. The van der Waals surface area contributed by atoms with Crippen molar-refractivity contribution in [3.8, 4) is 5.75 Å². The molecule has 0 aliphatic rings. The lowest BCUT2D eigenvalue weighted by Gasteiger charge is -2.13. The number of alkyl halides is 2. The number of aldehydes is 2. The number of carbonyl (C=O) groups excluding carboxylic acids is 3. The Kier molecular flexibility index (Phi) is 20.5. The van der Waals surface area contributed by atoms with Gasteiger partial charge in [0.25, 0.3) is 0 Å². The van der Waals surface area contributed by atoms with Gasteiger partial charge >= 0.3 is 5.63 Å². The first-order valence-corrected chi connectivity index (χ1v) is 11.5. The van der Waals surface area contributed by atoms with Crippen molar-refractivity contribution in [2.75, 3.05) is 32.8 Å². The molecule has 0 saturated heterocycles. The van der Waals surface area contributed by atoms with Crippen LogP contribution in [-0.4, -0.2) is 58.3 Å². The SMILES string of the molecule is C=O.CC=O.CN=C(SC)c1c(CCCC(F)F)cc(=O)oc1NC.COc1ccccc1C=O. The van der Waals surface area contributed by atoms with Crippen LogP contribution in [0.3, 0.4) is 0 Å². The van der Waals surface area contributed by atoms with Crippen LogP contribution in [0.1, 0.15) is 41.3 Å². The fourth-order valence-electron chi connectivity index (χ4n) is 2.66. The van der Waals surface area contributed by atoms with Gasteiger partial charge in [-0.15, -0.1) is 11.8 Å². The van der Waals surface area contributed by atoms with E-state index in [1.807, 2.05) is 19.1 Å². The normalized spacial score (nSPS) is 9.89. The first-order valence-electron chi connectivity index (χ1n) is 10.2. The highest BCUT2D eigenvalue weighted by molar-refractivity contribution is 8.13. The highest BCUT2D eigenvalue weighted by atomic mass is 32.2. The topological polar surface area (TPSA) is 115 Å². The van der Waals surface area contributed by atoms with Gasteiger partial charge < -0.3 is 24.1 Å². The van der Waals surface area contributed by atoms with Crippen LogP contribution in [0.5, 0.6) is 5.75 Å². The summed E-state index contributed by atoms with van der Waals surface area (Å²) in [5.74, 6) is 0.942. The van der Waals surface area contributed by atoms with Crippen molar-refractivity contribution in [1.82, 2.24) is 0 Å². The molecule has 2 rings (SSSR count). The summed E-state index contributed by atoms with van der Waals surface area (Å²) in [6, 6.07) is 8.44. The molecule has 35 heavy (non-hydrogen) atoms. The molecule has 0 saturated carbocycles. The van der Waals surface area contributed by atoms with Crippen LogP contribution in [0, 0.1) is 0 Å². The lowest BCUT2D eigenvalue weighted by Crippen LogP contribution is -2.12. The molecule has 11 heteroatoms. The summed E-state index contributed by atoms with van der Waals surface area (Å²) in [5, 5.41) is 3.52. The summed E-state index contributed by atoms with van der Waals surface area (Å²) >= 11 is 1.41. The molecule has 0 amide bonds. The molecule has 0 bridgehead atoms. The monoisotopic (exact) mass is 514 g/mol. The van der Waals surface area contributed by atoms with Crippen LogP contribution in [0.15, 0.2) is 44.5 Å². The smallest absolute Gasteiger partial charge is 0.337 e. The van der Waals surface area contributed by atoms with Crippen LogP contribution in [-0.2, 0) is 16.0 Å². The number of carbonyl (C=O) groups is 3. The number of aryl methyl sites for hydroxylation is 1. The van der Waals surface area contributed by atoms with Gasteiger partial charge in [0.2, 0.25) is 12.3 Å². The Morgan fingerprint density at radius 3 is 2.31 bits per heavy atom. The molecule has 0 fully saturated rings. The van der Waals surface area contributed by atoms with Gasteiger partial charge in [0, 0.05) is 26.6 Å². The molecule has 0 radical (unpaired) electrons. The van der Waals surface area contributed by atoms with Crippen molar-refractivity contribution in [2.45, 2.75) is 32.6 Å². The Bertz CT molecular complexity index is 967. The maximum Gasteiger partial charge on any atom is 0.337 e. The summed E-state index contributed by atoms with van der Waals surface area (Å²) in [6.07, 6.45) is 1.56. The van der Waals surface area contributed by atoms with Gasteiger partial charge in [0.15, 0.2) is 6.29 Å². The van der Waals surface area contributed by atoms with E-state index in [4.69, 9.17) is 18.7 Å². The number of anilines is 1. The highest BCUT2D eigenvalue weighted by Crippen LogP contribution is 2.25. The zero-order valence-electron chi connectivity index (χ0n) is 20.5. The summed E-state index contributed by atoms with van der Waals surface area (Å²) in [7, 11) is 4.82. The number of halogens is 2. The molecule has 0 aliphatic carbocycles. The standard InChI is InChI=1S/C13H18F2N2O2S.C8H8O2.C2H4O.CH2O/c1-16-12-11(13(17-2)20-3)8(7-10(18)19-12)5-4-6-9(14)15;1-10-8-5-3-2-4-7(8)6-9;1-2-3;1-2/h7,9,16H,4-6H2,1-3H3;2-6H,1H3;2H,1H3;1H2. The molecule has 2 aromatic rings. The molecule has 1 aromatic carbocycles. The number of hydrogen-bond acceptors (Lipinski definition) is 9. The van der Waals surface area contributed by atoms with Gasteiger partial charge in [0.05, 0.1) is 18.2 Å². The Labute approximate surface area is 208 Å². The third kappa shape index (κ3) is 13.2. The maximum absolute atomic E-state index is 12.2. The number of thioether (sulfide) groups is 1. The second kappa shape index (κ2) is 21.2. The van der Waals surface area contributed by atoms with E-state index in [-0.39, 0.29) is 6.42 Å². The van der Waals surface area contributed by atoms with E-state index >= 15 is 0 Å². The largest absolute Gasteiger partial charge is 0.496 e. The molecule has 0 aliphatic heterocycles. The number of hydrogen-bond donors (Lipinski definition) is 1. The molecule has 1 N–H and O–H groups in total. The van der Waals surface area contributed by atoms with E-state index in [2.05, 4.69) is 10.3 Å². The number of rotatable bonds is 8. The Morgan fingerprint density at radius 2 is 1.89 bits per heavy atom. The van der Waals surface area contributed by atoms with Crippen LogP contribution in [0.2, 0.25) is 0 Å². The van der Waals surface area contributed by atoms with E-state index in [9.17, 15) is 18.4 Å². The quantitative estimate of drug-likeness (QED) is 0.310. The average molecular weight is 515 g/mol. The van der Waals surface area contributed by atoms with Crippen molar-refractivity contribution in [3.05, 3.63) is 57.4 Å². The number of para-hydroxylation sites is 1. The number of nitrogens with one attached hydrogen (secondary N) is 1. The van der Waals surface area contributed by atoms with E-state index in [0.29, 0.717) is 46.2 Å². The molecule has 1 heterocycles. The van der Waals surface area contributed by atoms with Gasteiger partial charge in [-0.05, 0) is 43.7 Å². The van der Waals surface area contributed by atoms with Gasteiger partial charge in [-0.25, -0.2) is 13.6 Å². The van der Waals surface area contributed by atoms with Crippen molar-refractivity contribution in [1.29, 1.82) is 0 Å². The predicted octanol–water partition coefficient (Wildman–Crippen LogP) is 4.54. The van der Waals surface area contributed by atoms with E-state index in [1.54, 1.807) is 39.4 Å². The first kappa shape index (κ1) is 33.8. The second-order valence-corrected chi connectivity index (χ2v) is 6.95. The first-order chi connectivity index (χ1) is 16.8. The maximum atomic E-state index is 12.2. The zero-order valence-corrected chi connectivity index (χ0v) is 21.3. The number of nitrogens with zero attached hydrogens (tertiary/aromatic N) is 1. The Balaban J connectivity index is 0. The van der Waals surface area contributed by atoms with E-state index in [0.717, 1.165) is 12.6 Å². The van der Waals surface area contributed by atoms with Crippen molar-refractivity contribution < 1.29 is 32.3 Å². The predicted molar refractivity (Wildman–Crippen MR) is 137 cm³/mol. The molecule has 0 unspecified atom stereocenters. The minimum Gasteiger partial charge on any atom is -0.496 e. The highest BCUT2D eigenvalue weighted by Gasteiger charge is 2.17. The molecule has 0 spiro atoms. The average Bonchev–Trinajstić information content (AvgIpc) is 2.87. The molecule has 0 atom stereocenters. The minimum atomic E-state index is -2.33. The Hall–Kier alpha value is -3.34. The summed E-state index contributed by atoms with van der Waals surface area (Å²) in [5.41, 5.74) is 1.45. The van der Waals surface area contributed by atoms with Crippen molar-refractivity contribution in [2.24, 2.45) is 4.99 Å². The minimum absolute atomic E-state index is 0.188. The lowest BCUT2D eigenvalue weighted by atomic mass is 10.0. The van der Waals surface area contributed by atoms with E-state index < -0.39 is 12.1 Å². The number of benzene rings is 1. The summed E-state index contributed by atoms with van der Waals surface area (Å²) in [6.45, 7) is 3.44. The number of aliphatic imine (C=N–C) groups is 1. The molecular formula is C24H32F2N2O6S. The van der Waals surface area contributed by atoms with Gasteiger partial charge in [-0.3, -0.25) is 9.79 Å². The third-order valence-corrected chi connectivity index (χ3v) is 4.79.